The SMILES string of the molecule is c1cnn(-c2ccc(CNCc3cnc4nc3NCCOCCOCCCCCN4)cn2)c1. The van der Waals surface area contributed by atoms with Gasteiger partial charge in [-0.05, 0) is 37.0 Å². The van der Waals surface area contributed by atoms with Gasteiger partial charge in [0.15, 0.2) is 5.82 Å². The summed E-state index contributed by atoms with van der Waals surface area (Å²) in [5, 5.41) is 14.4. The van der Waals surface area contributed by atoms with E-state index in [9.17, 15) is 0 Å². The van der Waals surface area contributed by atoms with Gasteiger partial charge >= 0.3 is 0 Å². The fraction of sp³-hybridized carbons (Fsp3) is 0.478. The van der Waals surface area contributed by atoms with E-state index in [1.165, 1.54) is 0 Å². The Morgan fingerprint density at radius 1 is 0.909 bits per heavy atom. The molecule has 10 heteroatoms. The van der Waals surface area contributed by atoms with Crippen molar-refractivity contribution in [2.75, 3.05) is 50.2 Å². The summed E-state index contributed by atoms with van der Waals surface area (Å²) in [5.74, 6) is 2.26. The third kappa shape index (κ3) is 7.48. The van der Waals surface area contributed by atoms with Gasteiger partial charge in [0.05, 0.1) is 19.8 Å². The number of pyridine rings is 1. The summed E-state index contributed by atoms with van der Waals surface area (Å²) in [6.45, 7) is 5.48. The standard InChI is InChI=1S/C23H32N8O2/c1-2-7-26-23-28-18-20(22(30-23)25-9-12-33-14-13-32-11-3-1)17-24-15-19-5-6-21(27-16-19)31-10-4-8-29-31/h4-6,8,10,16,18,24H,1-3,7,9,11-15,17H2,(H2,25,26,28,30). The molecule has 0 spiro atoms. The number of nitrogens with one attached hydrogen (secondary N) is 3. The molecule has 0 aromatic carbocycles. The minimum Gasteiger partial charge on any atom is -0.379 e. The second-order valence-corrected chi connectivity index (χ2v) is 7.79. The van der Waals surface area contributed by atoms with E-state index >= 15 is 0 Å². The fourth-order valence-corrected chi connectivity index (χ4v) is 3.45. The maximum absolute atomic E-state index is 5.65. The molecule has 0 radical (unpaired) electrons. The fourth-order valence-electron chi connectivity index (χ4n) is 3.45. The molecule has 3 aromatic heterocycles. The minimum absolute atomic E-state index is 0.595. The number of hydrogen-bond acceptors (Lipinski definition) is 9. The molecule has 0 atom stereocenters. The lowest BCUT2D eigenvalue weighted by molar-refractivity contribution is 0.0501. The van der Waals surface area contributed by atoms with Crippen molar-refractivity contribution in [1.82, 2.24) is 30.0 Å². The molecule has 4 heterocycles. The quantitative estimate of drug-likeness (QED) is 0.537. The van der Waals surface area contributed by atoms with Gasteiger partial charge in [-0.2, -0.15) is 10.1 Å². The molecule has 3 N–H and O–H groups in total. The smallest absolute Gasteiger partial charge is 0.224 e. The van der Waals surface area contributed by atoms with E-state index in [-0.39, 0.29) is 0 Å². The van der Waals surface area contributed by atoms with Crippen LogP contribution in [0.25, 0.3) is 5.82 Å². The summed E-state index contributed by atoms with van der Waals surface area (Å²) >= 11 is 0. The van der Waals surface area contributed by atoms with Crippen LogP contribution in [0.5, 0.6) is 0 Å². The molecule has 4 rings (SSSR count). The van der Waals surface area contributed by atoms with Gasteiger partial charge in [-0.25, -0.2) is 14.6 Å². The van der Waals surface area contributed by atoms with Crippen LogP contribution in [0.15, 0.2) is 43.0 Å². The maximum atomic E-state index is 5.65. The molecular formula is C23H32N8O2. The first-order chi connectivity index (χ1) is 16.4. The van der Waals surface area contributed by atoms with Crippen molar-refractivity contribution in [2.24, 2.45) is 0 Å². The first-order valence-electron chi connectivity index (χ1n) is 11.5. The van der Waals surface area contributed by atoms with Crippen molar-refractivity contribution >= 4 is 11.8 Å². The first kappa shape index (κ1) is 23.1. The molecule has 0 aliphatic carbocycles. The monoisotopic (exact) mass is 452 g/mol. The van der Waals surface area contributed by atoms with Crippen molar-refractivity contribution in [3.05, 3.63) is 54.1 Å². The van der Waals surface area contributed by atoms with E-state index < -0.39 is 0 Å². The van der Waals surface area contributed by atoms with E-state index in [0.29, 0.717) is 45.4 Å². The lowest BCUT2D eigenvalue weighted by Gasteiger charge is -2.14. The Labute approximate surface area is 194 Å². The van der Waals surface area contributed by atoms with Gasteiger partial charge in [0.25, 0.3) is 0 Å². The highest BCUT2D eigenvalue weighted by Crippen LogP contribution is 2.15. The van der Waals surface area contributed by atoms with Gasteiger partial charge in [-0.15, -0.1) is 0 Å². The topological polar surface area (TPSA) is 111 Å². The number of hydrogen-bond donors (Lipinski definition) is 3. The van der Waals surface area contributed by atoms with Gasteiger partial charge in [-0.1, -0.05) is 6.07 Å². The third-order valence-corrected chi connectivity index (χ3v) is 5.22. The lowest BCUT2D eigenvalue weighted by atomic mass is 10.2. The van der Waals surface area contributed by atoms with Crippen molar-refractivity contribution < 1.29 is 9.47 Å². The molecule has 0 saturated carbocycles. The zero-order valence-electron chi connectivity index (χ0n) is 18.9. The van der Waals surface area contributed by atoms with Crippen LogP contribution >= 0.6 is 0 Å². The summed E-state index contributed by atoms with van der Waals surface area (Å²) in [5.41, 5.74) is 2.10. The second kappa shape index (κ2) is 12.8. The van der Waals surface area contributed by atoms with Gasteiger partial charge in [-0.3, -0.25) is 0 Å². The summed E-state index contributed by atoms with van der Waals surface area (Å²) < 4.78 is 13.0. The molecule has 33 heavy (non-hydrogen) atoms. The van der Waals surface area contributed by atoms with E-state index in [1.807, 2.05) is 30.7 Å². The number of rotatable bonds is 5. The summed E-state index contributed by atoms with van der Waals surface area (Å²) in [6.07, 6.45) is 10.6. The largest absolute Gasteiger partial charge is 0.379 e. The minimum atomic E-state index is 0.595. The van der Waals surface area contributed by atoms with Crippen LogP contribution in [0.2, 0.25) is 0 Å². The molecular weight excluding hydrogens is 420 g/mol. The number of nitrogens with zero attached hydrogens (tertiary/aromatic N) is 5. The number of anilines is 2. The number of aromatic nitrogens is 5. The Morgan fingerprint density at radius 2 is 1.85 bits per heavy atom. The molecule has 176 valence electrons. The van der Waals surface area contributed by atoms with Crippen LogP contribution in [0.4, 0.5) is 11.8 Å². The van der Waals surface area contributed by atoms with E-state index in [2.05, 4.69) is 37.1 Å². The molecule has 0 saturated heterocycles. The Morgan fingerprint density at radius 3 is 2.70 bits per heavy atom. The van der Waals surface area contributed by atoms with E-state index in [0.717, 1.165) is 55.2 Å². The molecule has 0 fully saturated rings. The highest BCUT2D eigenvalue weighted by Gasteiger charge is 2.08. The predicted molar refractivity (Wildman–Crippen MR) is 126 cm³/mol. The average Bonchev–Trinajstić information content (AvgIpc) is 3.38. The molecule has 3 aromatic rings. The van der Waals surface area contributed by atoms with Gasteiger partial charge in [0.2, 0.25) is 5.95 Å². The zero-order chi connectivity index (χ0) is 22.6. The molecule has 2 bridgehead atoms. The van der Waals surface area contributed by atoms with Gasteiger partial charge < -0.3 is 25.4 Å². The van der Waals surface area contributed by atoms with Crippen LogP contribution in [0, 0.1) is 0 Å². The average molecular weight is 453 g/mol. The van der Waals surface area contributed by atoms with Crippen LogP contribution in [0.1, 0.15) is 30.4 Å². The van der Waals surface area contributed by atoms with Gasteiger partial charge in [0.1, 0.15) is 5.82 Å². The van der Waals surface area contributed by atoms with E-state index in [1.54, 1.807) is 10.9 Å². The first-order valence-corrected chi connectivity index (χ1v) is 11.5. The predicted octanol–water partition coefficient (Wildman–Crippen LogP) is 2.39. The van der Waals surface area contributed by atoms with Crippen molar-refractivity contribution in [2.45, 2.75) is 32.4 Å². The number of ether oxygens (including phenoxy) is 2. The van der Waals surface area contributed by atoms with Crippen molar-refractivity contribution in [3.8, 4) is 5.82 Å². The zero-order valence-corrected chi connectivity index (χ0v) is 18.9. The number of fused-ring (bicyclic) bond motifs is 2. The third-order valence-electron chi connectivity index (χ3n) is 5.22. The normalized spacial score (nSPS) is 16.0. The van der Waals surface area contributed by atoms with Crippen LogP contribution in [-0.2, 0) is 22.6 Å². The second-order valence-electron chi connectivity index (χ2n) is 7.79. The molecule has 0 amide bonds. The Balaban J connectivity index is 1.33. The summed E-state index contributed by atoms with van der Waals surface area (Å²) in [7, 11) is 0. The highest BCUT2D eigenvalue weighted by molar-refractivity contribution is 5.47. The maximum Gasteiger partial charge on any atom is 0.224 e. The van der Waals surface area contributed by atoms with Crippen LogP contribution < -0.4 is 16.0 Å². The van der Waals surface area contributed by atoms with Crippen LogP contribution in [0.3, 0.4) is 0 Å². The van der Waals surface area contributed by atoms with Crippen molar-refractivity contribution in [3.63, 3.8) is 0 Å². The summed E-state index contributed by atoms with van der Waals surface area (Å²) in [4.78, 5) is 13.7. The Bertz CT molecular complexity index is 950. The molecule has 0 unspecified atom stereocenters. The molecule has 1 aliphatic heterocycles. The highest BCUT2D eigenvalue weighted by atomic mass is 16.5. The van der Waals surface area contributed by atoms with Crippen LogP contribution in [-0.4, -0.2) is 64.2 Å². The van der Waals surface area contributed by atoms with Crippen molar-refractivity contribution in [1.29, 1.82) is 0 Å². The summed E-state index contributed by atoms with van der Waals surface area (Å²) in [6, 6.07) is 5.89. The van der Waals surface area contributed by atoms with Gasteiger partial charge in [0, 0.05) is 63.1 Å². The molecule has 1 aliphatic rings. The Kier molecular flexibility index (Phi) is 8.98. The van der Waals surface area contributed by atoms with E-state index in [4.69, 9.17) is 14.5 Å². The lowest BCUT2D eigenvalue weighted by Crippen LogP contribution is -2.19. The molecule has 10 nitrogen and oxygen atoms in total. The Hall–Kier alpha value is -3.08.